The third-order valence-corrected chi connectivity index (χ3v) is 5.48. The molecule has 0 aromatic heterocycles. The summed E-state index contributed by atoms with van der Waals surface area (Å²) in [6.45, 7) is 4.59. The zero-order chi connectivity index (χ0) is 18.4. The van der Waals surface area contributed by atoms with Gasteiger partial charge in [0.25, 0.3) is 5.69 Å². The van der Waals surface area contributed by atoms with E-state index in [1.165, 1.54) is 32.1 Å². The van der Waals surface area contributed by atoms with E-state index in [2.05, 4.69) is 15.1 Å². The van der Waals surface area contributed by atoms with E-state index < -0.39 is 0 Å². The number of nitrogens with one attached hydrogen (secondary N) is 1. The Morgan fingerprint density at radius 3 is 2.35 bits per heavy atom. The maximum atomic E-state index is 12.2. The summed E-state index contributed by atoms with van der Waals surface area (Å²) in [4.78, 5) is 26.9. The average Bonchev–Trinajstić information content (AvgIpc) is 2.68. The van der Waals surface area contributed by atoms with Crippen LogP contribution in [0.4, 0.5) is 11.4 Å². The first-order valence-electron chi connectivity index (χ1n) is 9.60. The van der Waals surface area contributed by atoms with Crippen LogP contribution in [0.2, 0.25) is 0 Å². The predicted octanol–water partition coefficient (Wildman–Crippen LogP) is 2.41. The van der Waals surface area contributed by atoms with Crippen molar-refractivity contribution in [3.05, 3.63) is 34.4 Å². The summed E-state index contributed by atoms with van der Waals surface area (Å²) in [5.41, 5.74) is 1.11. The van der Waals surface area contributed by atoms with E-state index in [0.717, 1.165) is 38.4 Å². The molecule has 7 heteroatoms. The summed E-state index contributed by atoms with van der Waals surface area (Å²) in [6.07, 6.45) is 6.42. The number of nitrogens with zero attached hydrogens (tertiary/aromatic N) is 3. The number of piperazine rings is 1. The van der Waals surface area contributed by atoms with Gasteiger partial charge >= 0.3 is 0 Å². The molecule has 1 saturated carbocycles. The Labute approximate surface area is 154 Å². The SMILES string of the molecule is O=C(CN1CCN(c2ccc([N+](=O)[O-])cc2)CC1)NCC1CCCCC1. The van der Waals surface area contributed by atoms with Gasteiger partial charge < -0.3 is 10.2 Å². The lowest BCUT2D eigenvalue weighted by Gasteiger charge is -2.35. The topological polar surface area (TPSA) is 78.7 Å². The molecule has 1 saturated heterocycles. The quantitative estimate of drug-likeness (QED) is 0.623. The van der Waals surface area contributed by atoms with E-state index in [1.54, 1.807) is 24.3 Å². The summed E-state index contributed by atoms with van der Waals surface area (Å²) >= 11 is 0. The Hall–Kier alpha value is -2.15. The molecule has 0 unspecified atom stereocenters. The van der Waals surface area contributed by atoms with E-state index in [0.29, 0.717) is 12.5 Å². The van der Waals surface area contributed by atoms with Gasteiger partial charge in [0, 0.05) is 50.5 Å². The molecule has 1 heterocycles. The highest BCUT2D eigenvalue weighted by atomic mass is 16.6. The molecular weight excluding hydrogens is 332 g/mol. The molecule has 0 atom stereocenters. The van der Waals surface area contributed by atoms with E-state index in [1.807, 2.05) is 0 Å². The molecule has 1 amide bonds. The van der Waals surface area contributed by atoms with Gasteiger partial charge in [0.1, 0.15) is 0 Å². The van der Waals surface area contributed by atoms with Crippen LogP contribution in [-0.2, 0) is 4.79 Å². The second-order valence-electron chi connectivity index (χ2n) is 7.34. The molecule has 0 spiro atoms. The van der Waals surface area contributed by atoms with E-state index in [-0.39, 0.29) is 16.5 Å². The first kappa shape index (κ1) is 18.6. The van der Waals surface area contributed by atoms with Crippen LogP contribution in [-0.4, -0.2) is 55.0 Å². The zero-order valence-electron chi connectivity index (χ0n) is 15.2. The molecule has 142 valence electrons. The lowest BCUT2D eigenvalue weighted by Crippen LogP contribution is -2.49. The van der Waals surface area contributed by atoms with Crippen molar-refractivity contribution in [1.82, 2.24) is 10.2 Å². The van der Waals surface area contributed by atoms with Gasteiger partial charge in [-0.25, -0.2) is 0 Å². The Morgan fingerprint density at radius 1 is 1.08 bits per heavy atom. The highest BCUT2D eigenvalue weighted by molar-refractivity contribution is 5.78. The first-order chi connectivity index (χ1) is 12.6. The molecule has 7 nitrogen and oxygen atoms in total. The number of carbonyl (C=O) groups excluding carboxylic acids is 1. The van der Waals surface area contributed by atoms with Crippen molar-refractivity contribution in [2.45, 2.75) is 32.1 Å². The number of hydrogen-bond donors (Lipinski definition) is 1. The number of anilines is 1. The fourth-order valence-corrected chi connectivity index (χ4v) is 3.86. The Bertz CT molecular complexity index is 606. The molecule has 1 aliphatic carbocycles. The van der Waals surface area contributed by atoms with Gasteiger partial charge in [-0.3, -0.25) is 19.8 Å². The molecule has 3 rings (SSSR count). The number of benzene rings is 1. The third kappa shape index (κ3) is 5.17. The lowest BCUT2D eigenvalue weighted by atomic mass is 9.89. The van der Waals surface area contributed by atoms with Crippen molar-refractivity contribution in [2.24, 2.45) is 5.92 Å². The summed E-state index contributed by atoms with van der Waals surface area (Å²) in [6, 6.07) is 6.68. The molecule has 1 N–H and O–H groups in total. The largest absolute Gasteiger partial charge is 0.369 e. The molecule has 0 bridgehead atoms. The minimum Gasteiger partial charge on any atom is -0.369 e. The smallest absolute Gasteiger partial charge is 0.269 e. The van der Waals surface area contributed by atoms with Gasteiger partial charge in [-0.1, -0.05) is 19.3 Å². The molecule has 1 aromatic rings. The van der Waals surface area contributed by atoms with Gasteiger partial charge in [0.2, 0.25) is 5.91 Å². The molecule has 2 aliphatic rings. The second-order valence-corrected chi connectivity index (χ2v) is 7.34. The number of carbonyl (C=O) groups is 1. The number of amides is 1. The van der Waals surface area contributed by atoms with Crippen molar-refractivity contribution >= 4 is 17.3 Å². The molecule has 1 aromatic carbocycles. The van der Waals surface area contributed by atoms with Crippen LogP contribution in [0, 0.1) is 16.0 Å². The first-order valence-corrected chi connectivity index (χ1v) is 9.60. The molecule has 0 radical (unpaired) electrons. The van der Waals surface area contributed by atoms with Crippen LogP contribution in [0.5, 0.6) is 0 Å². The van der Waals surface area contributed by atoms with Gasteiger partial charge in [-0.05, 0) is 30.9 Å². The van der Waals surface area contributed by atoms with Gasteiger partial charge in [0.05, 0.1) is 11.5 Å². The van der Waals surface area contributed by atoms with Crippen LogP contribution in [0.3, 0.4) is 0 Å². The van der Waals surface area contributed by atoms with Crippen LogP contribution >= 0.6 is 0 Å². The summed E-state index contributed by atoms with van der Waals surface area (Å²) < 4.78 is 0. The third-order valence-electron chi connectivity index (χ3n) is 5.48. The standard InChI is InChI=1S/C19H28N4O3/c24-19(20-14-16-4-2-1-3-5-16)15-21-10-12-22(13-11-21)17-6-8-18(9-7-17)23(25)26/h6-9,16H,1-5,10-15H2,(H,20,24). The summed E-state index contributed by atoms with van der Waals surface area (Å²) in [7, 11) is 0. The molecule has 2 fully saturated rings. The molecule has 26 heavy (non-hydrogen) atoms. The van der Waals surface area contributed by atoms with Gasteiger partial charge in [-0.2, -0.15) is 0 Å². The molecular formula is C19H28N4O3. The zero-order valence-corrected chi connectivity index (χ0v) is 15.2. The monoisotopic (exact) mass is 360 g/mol. The van der Waals surface area contributed by atoms with Crippen LogP contribution < -0.4 is 10.2 Å². The Morgan fingerprint density at radius 2 is 1.73 bits per heavy atom. The highest BCUT2D eigenvalue weighted by Gasteiger charge is 2.20. The number of nitro benzene ring substituents is 1. The second kappa shape index (κ2) is 8.98. The van der Waals surface area contributed by atoms with E-state index in [4.69, 9.17) is 0 Å². The Balaban J connectivity index is 1.39. The van der Waals surface area contributed by atoms with Crippen LogP contribution in [0.25, 0.3) is 0 Å². The van der Waals surface area contributed by atoms with E-state index >= 15 is 0 Å². The molecule has 1 aliphatic heterocycles. The maximum Gasteiger partial charge on any atom is 0.269 e. The number of hydrogen-bond acceptors (Lipinski definition) is 5. The highest BCUT2D eigenvalue weighted by Crippen LogP contribution is 2.23. The van der Waals surface area contributed by atoms with Crippen LogP contribution in [0.15, 0.2) is 24.3 Å². The number of non-ortho nitro benzene ring substituents is 1. The van der Waals surface area contributed by atoms with Gasteiger partial charge in [0.15, 0.2) is 0 Å². The minimum absolute atomic E-state index is 0.113. The normalized spacial score (nSPS) is 19.3. The predicted molar refractivity (Wildman–Crippen MR) is 101 cm³/mol. The average molecular weight is 360 g/mol. The number of rotatable bonds is 6. The fraction of sp³-hybridized carbons (Fsp3) is 0.632. The minimum atomic E-state index is -0.381. The van der Waals surface area contributed by atoms with Crippen molar-refractivity contribution in [3.63, 3.8) is 0 Å². The maximum absolute atomic E-state index is 12.2. The number of nitro groups is 1. The van der Waals surface area contributed by atoms with Crippen LogP contribution in [0.1, 0.15) is 32.1 Å². The van der Waals surface area contributed by atoms with Crippen molar-refractivity contribution < 1.29 is 9.72 Å². The summed E-state index contributed by atoms with van der Waals surface area (Å²) in [5, 5.41) is 13.8. The van der Waals surface area contributed by atoms with E-state index in [9.17, 15) is 14.9 Å². The van der Waals surface area contributed by atoms with Crippen molar-refractivity contribution in [3.8, 4) is 0 Å². The van der Waals surface area contributed by atoms with Crippen molar-refractivity contribution in [1.29, 1.82) is 0 Å². The lowest BCUT2D eigenvalue weighted by molar-refractivity contribution is -0.384. The Kier molecular flexibility index (Phi) is 6.44. The fourth-order valence-electron chi connectivity index (χ4n) is 3.86. The summed E-state index contributed by atoms with van der Waals surface area (Å²) in [5.74, 6) is 0.783. The van der Waals surface area contributed by atoms with Gasteiger partial charge in [-0.15, -0.1) is 0 Å². The van der Waals surface area contributed by atoms with Crippen molar-refractivity contribution in [2.75, 3.05) is 44.2 Å².